The van der Waals surface area contributed by atoms with Crippen LogP contribution in [-0.4, -0.2) is 28.8 Å². The van der Waals surface area contributed by atoms with Crippen molar-refractivity contribution in [2.24, 2.45) is 0 Å². The Balaban J connectivity index is 3.74. The molecule has 0 saturated heterocycles. The Morgan fingerprint density at radius 1 is 1.31 bits per heavy atom. The van der Waals surface area contributed by atoms with Crippen LogP contribution in [0, 0.1) is 0 Å². The van der Waals surface area contributed by atoms with E-state index in [2.05, 4.69) is 5.32 Å². The summed E-state index contributed by atoms with van der Waals surface area (Å²) < 4.78 is 0. The number of carbonyl (C=O) groups is 3. The first-order valence-electron chi connectivity index (χ1n) is 3.95. The van der Waals surface area contributed by atoms with E-state index in [4.69, 9.17) is 5.11 Å². The molecule has 1 amide bonds. The Kier molecular flexibility index (Phi) is 4.72. The predicted molar refractivity (Wildman–Crippen MR) is 45.2 cm³/mol. The number of amides is 1. The molecule has 13 heavy (non-hydrogen) atoms. The van der Waals surface area contributed by atoms with Gasteiger partial charge in [-0.2, -0.15) is 0 Å². The number of nitrogens with one attached hydrogen (secondary N) is 1. The van der Waals surface area contributed by atoms with Crippen molar-refractivity contribution in [3.63, 3.8) is 0 Å². The van der Waals surface area contributed by atoms with Crippen molar-refractivity contribution in [3.05, 3.63) is 0 Å². The SMILES string of the molecule is CC(=O)[C@H](C)NC(=O)CCC(=O)O. The van der Waals surface area contributed by atoms with Crippen LogP contribution in [-0.2, 0) is 14.4 Å². The number of carboxylic acids is 1. The number of hydrogen-bond acceptors (Lipinski definition) is 3. The molecule has 0 aliphatic carbocycles. The summed E-state index contributed by atoms with van der Waals surface area (Å²) in [6.45, 7) is 2.92. The molecule has 0 spiro atoms. The second-order valence-electron chi connectivity index (χ2n) is 2.79. The molecule has 0 aromatic heterocycles. The summed E-state index contributed by atoms with van der Waals surface area (Å²) in [4.78, 5) is 31.7. The number of rotatable bonds is 5. The van der Waals surface area contributed by atoms with E-state index in [1.807, 2.05) is 0 Å². The fourth-order valence-electron chi connectivity index (χ4n) is 0.636. The number of Topliss-reactive ketones (excluding diaryl/α,β-unsaturated/α-hetero) is 1. The lowest BCUT2D eigenvalue weighted by Gasteiger charge is -2.09. The topological polar surface area (TPSA) is 83.5 Å². The highest BCUT2D eigenvalue weighted by atomic mass is 16.4. The molecule has 0 saturated carbocycles. The van der Waals surface area contributed by atoms with Crippen molar-refractivity contribution < 1.29 is 19.5 Å². The third kappa shape index (κ3) is 5.84. The highest BCUT2D eigenvalue weighted by Gasteiger charge is 2.11. The van der Waals surface area contributed by atoms with Crippen molar-refractivity contribution in [1.29, 1.82) is 0 Å². The highest BCUT2D eigenvalue weighted by molar-refractivity contribution is 5.88. The largest absolute Gasteiger partial charge is 0.481 e. The molecule has 0 aliphatic heterocycles. The lowest BCUT2D eigenvalue weighted by Crippen LogP contribution is -2.37. The molecule has 1 atom stereocenters. The van der Waals surface area contributed by atoms with Crippen molar-refractivity contribution >= 4 is 17.7 Å². The Bertz CT molecular complexity index is 224. The minimum Gasteiger partial charge on any atom is -0.481 e. The van der Waals surface area contributed by atoms with E-state index in [9.17, 15) is 14.4 Å². The molecule has 0 aliphatic rings. The lowest BCUT2D eigenvalue weighted by molar-refractivity contribution is -0.139. The summed E-state index contributed by atoms with van der Waals surface area (Å²) >= 11 is 0. The van der Waals surface area contributed by atoms with Gasteiger partial charge in [-0.15, -0.1) is 0 Å². The molecule has 2 N–H and O–H groups in total. The molecule has 0 fully saturated rings. The number of hydrogen-bond donors (Lipinski definition) is 2. The molecule has 74 valence electrons. The number of ketones is 1. The molecular weight excluding hydrogens is 174 g/mol. The predicted octanol–water partition coefficient (Wildman–Crippen LogP) is -0.0551. The minimum absolute atomic E-state index is 0.0903. The van der Waals surface area contributed by atoms with Gasteiger partial charge in [0.05, 0.1) is 12.5 Å². The molecule has 0 unspecified atom stereocenters. The van der Waals surface area contributed by atoms with E-state index >= 15 is 0 Å². The summed E-state index contributed by atoms with van der Waals surface area (Å²) in [6.07, 6.45) is -0.302. The highest BCUT2D eigenvalue weighted by Crippen LogP contribution is 1.91. The van der Waals surface area contributed by atoms with Gasteiger partial charge in [-0.05, 0) is 13.8 Å². The van der Waals surface area contributed by atoms with Crippen molar-refractivity contribution in [1.82, 2.24) is 5.32 Å². The van der Waals surface area contributed by atoms with Crippen LogP contribution in [0.3, 0.4) is 0 Å². The third-order valence-corrected chi connectivity index (χ3v) is 1.55. The maximum atomic E-state index is 10.9. The molecule has 0 radical (unpaired) electrons. The molecule has 0 aromatic rings. The standard InChI is InChI=1S/C8H13NO4/c1-5(6(2)10)9-7(11)3-4-8(12)13/h5H,3-4H2,1-2H3,(H,9,11)(H,12,13)/t5-/m0/s1. The quantitative estimate of drug-likeness (QED) is 0.631. The lowest BCUT2D eigenvalue weighted by atomic mass is 10.2. The molecule has 5 nitrogen and oxygen atoms in total. The summed E-state index contributed by atoms with van der Waals surface area (Å²) in [5.41, 5.74) is 0. The number of carbonyl (C=O) groups excluding carboxylic acids is 2. The van der Waals surface area contributed by atoms with Crippen LogP contribution in [0.15, 0.2) is 0 Å². The fraction of sp³-hybridized carbons (Fsp3) is 0.625. The van der Waals surface area contributed by atoms with Crippen LogP contribution in [0.25, 0.3) is 0 Å². The molecular formula is C8H13NO4. The smallest absolute Gasteiger partial charge is 0.303 e. The van der Waals surface area contributed by atoms with Gasteiger partial charge in [0, 0.05) is 6.42 Å². The third-order valence-electron chi connectivity index (χ3n) is 1.55. The van der Waals surface area contributed by atoms with Crippen LogP contribution in [0.2, 0.25) is 0 Å². The zero-order valence-electron chi connectivity index (χ0n) is 7.66. The summed E-state index contributed by atoms with van der Waals surface area (Å²) in [7, 11) is 0. The van der Waals surface area contributed by atoms with Gasteiger partial charge in [0.15, 0.2) is 5.78 Å². The van der Waals surface area contributed by atoms with Gasteiger partial charge in [-0.3, -0.25) is 14.4 Å². The summed E-state index contributed by atoms with van der Waals surface area (Å²) in [5.74, 6) is -1.58. The van der Waals surface area contributed by atoms with Gasteiger partial charge < -0.3 is 10.4 Å². The Morgan fingerprint density at radius 3 is 2.23 bits per heavy atom. The van der Waals surface area contributed by atoms with Crippen molar-refractivity contribution in [2.75, 3.05) is 0 Å². The second kappa shape index (κ2) is 5.29. The average molecular weight is 187 g/mol. The first kappa shape index (κ1) is 11.6. The van der Waals surface area contributed by atoms with E-state index in [-0.39, 0.29) is 18.6 Å². The van der Waals surface area contributed by atoms with Crippen LogP contribution < -0.4 is 5.32 Å². The molecule has 5 heteroatoms. The van der Waals surface area contributed by atoms with E-state index in [0.717, 1.165) is 0 Å². The van der Waals surface area contributed by atoms with Gasteiger partial charge in [0.1, 0.15) is 0 Å². The van der Waals surface area contributed by atoms with Gasteiger partial charge in [-0.1, -0.05) is 0 Å². The van der Waals surface area contributed by atoms with Crippen LogP contribution in [0.1, 0.15) is 26.7 Å². The van der Waals surface area contributed by atoms with E-state index in [0.29, 0.717) is 0 Å². The van der Waals surface area contributed by atoms with Crippen LogP contribution >= 0.6 is 0 Å². The van der Waals surface area contributed by atoms with Crippen molar-refractivity contribution in [3.8, 4) is 0 Å². The average Bonchev–Trinajstić information content (AvgIpc) is 2.00. The molecule has 0 heterocycles. The normalized spacial score (nSPS) is 11.8. The Labute approximate surface area is 76.1 Å². The van der Waals surface area contributed by atoms with Crippen molar-refractivity contribution in [2.45, 2.75) is 32.7 Å². The maximum Gasteiger partial charge on any atom is 0.303 e. The number of aliphatic carboxylic acids is 1. The Morgan fingerprint density at radius 2 is 1.85 bits per heavy atom. The second-order valence-corrected chi connectivity index (χ2v) is 2.79. The van der Waals surface area contributed by atoms with Crippen LogP contribution in [0.5, 0.6) is 0 Å². The first-order chi connectivity index (χ1) is 5.93. The van der Waals surface area contributed by atoms with Gasteiger partial charge in [0.2, 0.25) is 5.91 Å². The monoisotopic (exact) mass is 187 g/mol. The maximum absolute atomic E-state index is 10.9. The fourth-order valence-corrected chi connectivity index (χ4v) is 0.636. The minimum atomic E-state index is -1.02. The summed E-state index contributed by atoms with van der Waals surface area (Å²) in [5, 5.41) is 10.6. The summed E-state index contributed by atoms with van der Waals surface area (Å²) in [6, 6.07) is -0.540. The first-order valence-corrected chi connectivity index (χ1v) is 3.95. The molecule has 0 rings (SSSR count). The zero-order chi connectivity index (χ0) is 10.4. The van der Waals surface area contributed by atoms with Gasteiger partial charge in [-0.25, -0.2) is 0 Å². The van der Waals surface area contributed by atoms with E-state index in [1.54, 1.807) is 6.92 Å². The molecule has 0 bridgehead atoms. The van der Waals surface area contributed by atoms with E-state index < -0.39 is 17.9 Å². The Hall–Kier alpha value is -1.39. The zero-order valence-corrected chi connectivity index (χ0v) is 7.66. The van der Waals surface area contributed by atoms with E-state index in [1.165, 1.54) is 6.92 Å². The molecule has 0 aromatic carbocycles. The van der Waals surface area contributed by atoms with Crippen LogP contribution in [0.4, 0.5) is 0 Å². The van der Waals surface area contributed by atoms with Gasteiger partial charge >= 0.3 is 5.97 Å². The number of carboxylic acid groups (broad SMARTS) is 1. The van der Waals surface area contributed by atoms with Gasteiger partial charge in [0.25, 0.3) is 0 Å².